The van der Waals surface area contributed by atoms with Crippen LogP contribution < -0.4 is 26.2 Å². The van der Waals surface area contributed by atoms with Crippen LogP contribution >= 0.6 is 0 Å². The molecule has 12 nitrogen and oxygen atoms in total. The number of pyridine rings is 1. The van der Waals surface area contributed by atoms with Crippen LogP contribution in [-0.4, -0.2) is 71.0 Å². The number of carbonyl (C=O) groups is 2. The molecule has 4 heterocycles. The second kappa shape index (κ2) is 16.3. The number of aromatic hydroxyl groups is 1. The number of aliphatic hydroxyl groups excluding tert-OH is 1. The largest absolute Gasteiger partial charge is 0.506 e. The number of nitrogens with one attached hydrogen (secondary N) is 4. The molecule has 4 aromatic carbocycles. The average Bonchev–Trinajstić information content (AvgIpc) is 3.17. The van der Waals surface area contributed by atoms with Gasteiger partial charge >= 0.3 is 6.09 Å². The first-order chi connectivity index (χ1) is 25.8. The number of hydrogen-bond acceptors (Lipinski definition) is 9. The van der Waals surface area contributed by atoms with Gasteiger partial charge in [0, 0.05) is 36.8 Å². The maximum atomic E-state index is 13.2. The Morgan fingerprint density at radius 3 is 2.49 bits per heavy atom. The summed E-state index contributed by atoms with van der Waals surface area (Å²) in [6, 6.07) is 29.9. The summed E-state index contributed by atoms with van der Waals surface area (Å²) in [5.74, 6) is 0.473. The number of nitrogens with zero attached hydrogens (tertiary/aromatic N) is 1. The average molecular weight is 718 g/mol. The first-order valence-corrected chi connectivity index (χ1v) is 17.9. The van der Waals surface area contributed by atoms with E-state index in [1.165, 1.54) is 12.1 Å². The number of aliphatic hydroxyl groups is 1. The Hall–Kier alpha value is -5.69. The minimum absolute atomic E-state index is 0.0677. The lowest BCUT2D eigenvalue weighted by Crippen LogP contribution is -2.52. The predicted octanol–water partition coefficient (Wildman–Crippen LogP) is 4.98. The molecule has 3 saturated heterocycles. The highest BCUT2D eigenvalue weighted by Crippen LogP contribution is 2.31. The molecule has 0 aliphatic carbocycles. The van der Waals surface area contributed by atoms with Gasteiger partial charge in [-0.15, -0.1) is 0 Å². The topological polar surface area (TPSA) is 165 Å². The van der Waals surface area contributed by atoms with Crippen LogP contribution in [0.5, 0.6) is 11.5 Å². The lowest BCUT2D eigenvalue weighted by Gasteiger charge is -2.43. The normalized spacial score (nSPS) is 18.9. The molecule has 3 aliphatic rings. The van der Waals surface area contributed by atoms with Gasteiger partial charge in [-0.25, -0.2) is 4.79 Å². The van der Waals surface area contributed by atoms with Crippen LogP contribution in [0, 0.1) is 5.92 Å². The Kier molecular flexibility index (Phi) is 11.0. The quantitative estimate of drug-likeness (QED) is 0.0985. The molecule has 1 aromatic heterocycles. The van der Waals surface area contributed by atoms with Crippen LogP contribution in [0.3, 0.4) is 0 Å². The number of fused-ring (bicyclic) bond motifs is 4. The Balaban J connectivity index is 0.926. The third-order valence-electron chi connectivity index (χ3n) is 9.95. The summed E-state index contributed by atoms with van der Waals surface area (Å²) in [7, 11) is 0. The number of ether oxygens (including phenoxy) is 2. The Bertz CT molecular complexity index is 2120. The van der Waals surface area contributed by atoms with Gasteiger partial charge in [0.15, 0.2) is 6.61 Å². The highest BCUT2D eigenvalue weighted by Gasteiger charge is 2.37. The molecule has 3 fully saturated rings. The van der Waals surface area contributed by atoms with Crippen LogP contribution in [0.4, 0.5) is 10.5 Å². The number of piperidine rings is 3. The maximum absolute atomic E-state index is 13.2. The van der Waals surface area contributed by atoms with E-state index in [-0.39, 0.29) is 42.0 Å². The Labute approximate surface area is 306 Å². The van der Waals surface area contributed by atoms with Crippen molar-refractivity contribution in [3.63, 3.8) is 0 Å². The standard InChI is InChI=1S/C41H43N5O7/c47-34-14-12-32(33-13-15-37(49)44-40(33)34)35(48)23-42-22-26-6-4-10-30(20-26)43-38(50)25-52-31-11-5-9-29(21-31)39(28-7-2-1-3-8-28)45-41(51)53-36-24-46-18-16-27(36)17-19-46/h1-15,20-21,27,35-36,39,42,47-48H,16-19,22-25H2,(H,43,50)(H,44,49)(H,45,51). The minimum Gasteiger partial charge on any atom is -0.506 e. The molecule has 6 N–H and O–H groups in total. The van der Waals surface area contributed by atoms with Crippen LogP contribution in [-0.2, 0) is 16.1 Å². The molecule has 5 aromatic rings. The first-order valence-electron chi connectivity index (χ1n) is 17.9. The molecule has 274 valence electrons. The summed E-state index contributed by atoms with van der Waals surface area (Å²) in [5.41, 5.74) is 3.67. The van der Waals surface area contributed by atoms with Crippen molar-refractivity contribution in [2.75, 3.05) is 38.1 Å². The zero-order valence-corrected chi connectivity index (χ0v) is 29.2. The fourth-order valence-electron chi connectivity index (χ4n) is 7.24. The summed E-state index contributed by atoms with van der Waals surface area (Å²) in [6.07, 6.45) is 0.632. The molecule has 2 amide bonds. The number of aromatic amines is 1. The number of carbonyl (C=O) groups excluding carboxylic acids is 2. The van der Waals surface area contributed by atoms with Gasteiger partial charge in [-0.05, 0) is 90.5 Å². The van der Waals surface area contributed by atoms with Crippen molar-refractivity contribution in [1.29, 1.82) is 0 Å². The monoisotopic (exact) mass is 717 g/mol. The van der Waals surface area contributed by atoms with Crippen LogP contribution in [0.2, 0.25) is 0 Å². The van der Waals surface area contributed by atoms with Crippen molar-refractivity contribution < 1.29 is 29.3 Å². The lowest BCUT2D eigenvalue weighted by atomic mass is 9.86. The molecule has 3 aliphatic heterocycles. The lowest BCUT2D eigenvalue weighted by molar-refractivity contribution is -0.118. The molecule has 12 heteroatoms. The zero-order chi connectivity index (χ0) is 36.7. The summed E-state index contributed by atoms with van der Waals surface area (Å²) in [6.45, 7) is 3.30. The number of alkyl carbamates (subject to hydrolysis) is 1. The van der Waals surface area contributed by atoms with Crippen molar-refractivity contribution in [2.45, 2.75) is 37.6 Å². The third kappa shape index (κ3) is 8.86. The molecule has 53 heavy (non-hydrogen) atoms. The van der Waals surface area contributed by atoms with Crippen molar-refractivity contribution >= 4 is 28.6 Å². The SMILES string of the molecule is O=C(COc1cccc(C(NC(=O)OC2CN3CCC2CC3)c2ccccc2)c1)Nc1cccc(CNCC(O)c2ccc(O)c3[nH]c(=O)ccc23)c1. The van der Waals surface area contributed by atoms with E-state index in [4.69, 9.17) is 9.47 Å². The number of phenolic OH excluding ortho intramolecular Hbond substituents is 1. The molecular weight excluding hydrogens is 674 g/mol. The second-order valence-electron chi connectivity index (χ2n) is 13.6. The second-order valence-corrected chi connectivity index (χ2v) is 13.6. The van der Waals surface area contributed by atoms with E-state index in [1.54, 1.807) is 24.3 Å². The van der Waals surface area contributed by atoms with Gasteiger partial charge in [0.2, 0.25) is 5.56 Å². The molecule has 8 rings (SSSR count). The van der Waals surface area contributed by atoms with E-state index in [0.29, 0.717) is 34.8 Å². The van der Waals surface area contributed by atoms with Gasteiger partial charge in [0.1, 0.15) is 17.6 Å². The van der Waals surface area contributed by atoms with E-state index < -0.39 is 18.2 Å². The summed E-state index contributed by atoms with van der Waals surface area (Å²) in [5, 5.41) is 30.7. The number of phenols is 1. The van der Waals surface area contributed by atoms with E-state index in [0.717, 1.165) is 49.2 Å². The smallest absolute Gasteiger partial charge is 0.408 e. The maximum Gasteiger partial charge on any atom is 0.408 e. The Morgan fingerprint density at radius 2 is 1.70 bits per heavy atom. The molecule has 0 spiro atoms. The highest BCUT2D eigenvalue weighted by molar-refractivity contribution is 5.92. The van der Waals surface area contributed by atoms with Gasteiger partial charge in [-0.2, -0.15) is 0 Å². The van der Waals surface area contributed by atoms with Gasteiger partial charge in [0.25, 0.3) is 5.91 Å². The molecule has 3 atom stereocenters. The van der Waals surface area contributed by atoms with Gasteiger partial charge in [0.05, 0.1) is 17.7 Å². The number of benzene rings is 4. The van der Waals surface area contributed by atoms with Gasteiger partial charge in [-0.1, -0.05) is 60.7 Å². The first kappa shape index (κ1) is 35.7. The van der Waals surface area contributed by atoms with Crippen LogP contribution in [0.15, 0.2) is 108 Å². The molecule has 0 radical (unpaired) electrons. The fraction of sp³-hybridized carbons (Fsp3) is 0.293. The van der Waals surface area contributed by atoms with Crippen molar-refractivity contribution in [3.8, 4) is 11.5 Å². The summed E-state index contributed by atoms with van der Waals surface area (Å²) < 4.78 is 11.8. The number of rotatable bonds is 13. The number of H-pyrrole nitrogens is 1. The number of hydrogen-bond donors (Lipinski definition) is 6. The van der Waals surface area contributed by atoms with Crippen molar-refractivity contribution in [2.24, 2.45) is 5.92 Å². The van der Waals surface area contributed by atoms with Gasteiger partial charge < -0.3 is 40.6 Å². The van der Waals surface area contributed by atoms with E-state index in [9.17, 15) is 24.6 Å². The van der Waals surface area contributed by atoms with Crippen molar-refractivity contribution in [1.82, 2.24) is 20.5 Å². The van der Waals surface area contributed by atoms with Gasteiger partial charge in [-0.3, -0.25) is 14.5 Å². The molecule has 0 saturated carbocycles. The van der Waals surface area contributed by atoms with Crippen LogP contribution in [0.25, 0.3) is 10.9 Å². The fourth-order valence-corrected chi connectivity index (χ4v) is 7.24. The number of anilines is 1. The number of aromatic nitrogens is 1. The minimum atomic E-state index is -0.898. The predicted molar refractivity (Wildman–Crippen MR) is 201 cm³/mol. The molecule has 2 bridgehead atoms. The molecular formula is C41H43N5O7. The highest BCUT2D eigenvalue weighted by atomic mass is 16.6. The van der Waals surface area contributed by atoms with E-state index in [1.807, 2.05) is 66.7 Å². The van der Waals surface area contributed by atoms with Crippen LogP contribution in [0.1, 0.15) is 47.2 Å². The summed E-state index contributed by atoms with van der Waals surface area (Å²) >= 11 is 0. The number of amides is 2. The molecule has 3 unspecified atom stereocenters. The van der Waals surface area contributed by atoms with Crippen molar-refractivity contribution in [3.05, 3.63) is 136 Å². The Morgan fingerprint density at radius 1 is 0.906 bits per heavy atom. The van der Waals surface area contributed by atoms with E-state index in [2.05, 4.69) is 25.8 Å². The summed E-state index contributed by atoms with van der Waals surface area (Å²) in [4.78, 5) is 42.8. The third-order valence-corrected chi connectivity index (χ3v) is 9.95. The zero-order valence-electron chi connectivity index (χ0n) is 29.2. The van der Waals surface area contributed by atoms with E-state index >= 15 is 0 Å².